The molecule has 15 aromatic carbocycles. The Morgan fingerprint density at radius 2 is 0.582 bits per heavy atom. The van der Waals surface area contributed by atoms with Crippen LogP contribution in [-0.4, -0.2) is 4.98 Å². The van der Waals surface area contributed by atoms with E-state index >= 15 is 0 Å². The van der Waals surface area contributed by atoms with Crippen molar-refractivity contribution in [2.45, 2.75) is 107 Å². The molecule has 16 rings (SSSR count). The van der Waals surface area contributed by atoms with E-state index in [-0.39, 0.29) is 0 Å². The van der Waals surface area contributed by atoms with Gasteiger partial charge < -0.3 is 19.6 Å². The lowest BCUT2D eigenvalue weighted by atomic mass is 9.97. The van der Waals surface area contributed by atoms with Crippen LogP contribution in [0.4, 0.5) is 68.2 Å². The van der Waals surface area contributed by atoms with Gasteiger partial charge in [-0.1, -0.05) is 276 Å². The molecule has 5 heteroatoms. The van der Waals surface area contributed by atoms with Crippen LogP contribution in [0.3, 0.4) is 0 Å². The maximum Gasteiger partial charge on any atom is 0.0788 e. The third-order valence-electron chi connectivity index (χ3n) is 22.0. The smallest absolute Gasteiger partial charge is 0.0788 e. The molecule has 0 fully saturated rings. The zero-order valence-corrected chi connectivity index (χ0v) is 72.2. The average molecular weight is 1590 g/mol. The lowest BCUT2D eigenvalue weighted by Crippen LogP contribution is -2.12. The van der Waals surface area contributed by atoms with Gasteiger partial charge >= 0.3 is 0 Å². The number of hydrogen-bond acceptors (Lipinski definition) is 5. The van der Waals surface area contributed by atoms with Crippen molar-refractivity contribution in [2.24, 2.45) is 0 Å². The molecule has 1 heterocycles. The molecular weight excluding hydrogens is 1480 g/mol. The second-order valence-electron chi connectivity index (χ2n) is 31.8. The quantitative estimate of drug-likeness (QED) is 0.0221. The normalized spacial score (nSPS) is 10.8. The number of hydrogen-bond donors (Lipinski definition) is 0. The number of aromatic nitrogens is 1. The highest BCUT2D eigenvalue weighted by molar-refractivity contribution is 6.11. The molecule has 0 spiro atoms. The van der Waals surface area contributed by atoms with Crippen molar-refractivity contribution in [3.05, 3.63) is 480 Å². The van der Waals surface area contributed by atoms with Gasteiger partial charge in [-0.3, -0.25) is 0 Å². The third-order valence-corrected chi connectivity index (χ3v) is 22.0. The first-order chi connectivity index (χ1) is 59.6. The van der Waals surface area contributed by atoms with Crippen LogP contribution in [0.15, 0.2) is 402 Å². The standard InChI is InChI=1S/C38H36N2.C29H23N.C26H29N.C24H25N/c1-5-7-8-32-15-23-36(24-16-32)40(34-19-11-30(4)12-20-34)38-27-25-37(26-28-38)39(33-17-9-29(3)10-18-33)35-21-13-31(6-2)14-22-35;1-20-11-15-25-26-16-12-21(2)18-28(26)30-29(27(25)17-20)24-10-6-9-23(19-24)14-13-22-7-4-3-5-8-22;1-4-5-6-7-8-23-13-19-26(20-14-23)27(24-15-9-21(2)10-16-24)25-17-11-22(3)12-18-25;1-4-5-7-21-8-6-9-24(18-21)25(22-14-10-19(2)11-15-22)23-16-12-20(3)13-17-23/h5-6,9-28H,1-2,7-8H2,3-4H3;3-19H,1-2H3;4,9-20H,1,5-8H2,2-3H3;4,6,8-18H,1,5,7H2,2-3H3/b;14-13+;;. The largest absolute Gasteiger partial charge is 0.311 e. The fourth-order valence-corrected chi connectivity index (χ4v) is 15.1. The monoisotopic (exact) mass is 1590 g/mol. The minimum absolute atomic E-state index is 0.982. The summed E-state index contributed by atoms with van der Waals surface area (Å²) in [6.45, 7) is 32.4. The minimum atomic E-state index is 0.982. The van der Waals surface area contributed by atoms with Crippen LogP contribution < -0.4 is 19.6 Å². The fraction of sp³-hybridized carbons (Fsp3) is 0.137. The first kappa shape index (κ1) is 85.7. The first-order valence-electron chi connectivity index (χ1n) is 42.7. The number of fused-ring (bicyclic) bond motifs is 3. The van der Waals surface area contributed by atoms with E-state index in [1.165, 1.54) is 135 Å². The molecule has 0 N–H and O–H groups in total. The Labute approximate surface area is 726 Å². The molecule has 1 aromatic heterocycles. The van der Waals surface area contributed by atoms with E-state index in [1.807, 2.05) is 30.4 Å². The SMILES string of the molecule is C=CCCCCc1ccc(N(c2ccc(C)cc2)c2ccc(C)cc2)cc1.C=CCCc1ccc(N(c2ccc(C)cc2)c2ccc(N(c3ccc(C)cc3)c3ccc(C=C)cc3)cc2)cc1.C=CCCc1cccc(N(c2ccc(C)cc2)c2ccc(C)cc2)c1.Cc1ccc2c(c1)nc(-c1cccc(/C=C/c3ccccc3)c1)c1cc(C)ccc12. The number of nitrogens with zero attached hydrogens (tertiary/aromatic N) is 5. The van der Waals surface area contributed by atoms with Gasteiger partial charge in [-0.25, -0.2) is 4.98 Å². The van der Waals surface area contributed by atoms with E-state index in [4.69, 9.17) is 4.98 Å². The van der Waals surface area contributed by atoms with Crippen LogP contribution in [0.5, 0.6) is 0 Å². The van der Waals surface area contributed by atoms with Gasteiger partial charge in [0.15, 0.2) is 0 Å². The van der Waals surface area contributed by atoms with Crippen molar-refractivity contribution in [3.63, 3.8) is 0 Å². The number of unbranched alkanes of at least 4 members (excludes halogenated alkanes) is 2. The van der Waals surface area contributed by atoms with E-state index in [0.717, 1.165) is 95.0 Å². The number of allylic oxidation sites excluding steroid dienone is 3. The van der Waals surface area contributed by atoms with E-state index in [1.54, 1.807) is 0 Å². The first-order valence-corrected chi connectivity index (χ1v) is 42.7. The molecule has 0 unspecified atom stereocenters. The average Bonchev–Trinajstić information content (AvgIpc) is 0.756. The number of anilines is 12. The molecule has 0 saturated heterocycles. The van der Waals surface area contributed by atoms with Crippen LogP contribution in [0, 0.1) is 55.4 Å². The van der Waals surface area contributed by atoms with Crippen LogP contribution >= 0.6 is 0 Å². The summed E-state index contributed by atoms with van der Waals surface area (Å²) in [5.41, 5.74) is 34.6. The summed E-state index contributed by atoms with van der Waals surface area (Å²) in [4.78, 5) is 14.4. The van der Waals surface area contributed by atoms with Gasteiger partial charge in [-0.2, -0.15) is 0 Å². The van der Waals surface area contributed by atoms with Crippen LogP contribution in [0.25, 0.3) is 51.2 Å². The Morgan fingerprint density at radius 1 is 0.238 bits per heavy atom. The summed E-state index contributed by atoms with van der Waals surface area (Å²) >= 11 is 0. The van der Waals surface area contributed by atoms with Gasteiger partial charge in [-0.05, 0) is 315 Å². The highest BCUT2D eigenvalue weighted by Crippen LogP contribution is 2.42. The van der Waals surface area contributed by atoms with E-state index in [2.05, 4.69) is 465 Å². The van der Waals surface area contributed by atoms with Crippen molar-refractivity contribution >= 4 is 108 Å². The molecule has 0 aliphatic heterocycles. The Morgan fingerprint density at radius 3 is 1.01 bits per heavy atom. The van der Waals surface area contributed by atoms with Crippen molar-refractivity contribution in [2.75, 3.05) is 19.6 Å². The van der Waals surface area contributed by atoms with Crippen LogP contribution in [0.2, 0.25) is 0 Å². The third kappa shape index (κ3) is 23.0. The molecule has 0 aliphatic carbocycles. The summed E-state index contributed by atoms with van der Waals surface area (Å²) in [5.74, 6) is 0. The molecular formula is C117H113N5. The molecule has 122 heavy (non-hydrogen) atoms. The number of pyridine rings is 1. The molecule has 0 saturated carbocycles. The Bertz CT molecular complexity index is 6020. The highest BCUT2D eigenvalue weighted by Gasteiger charge is 2.20. The van der Waals surface area contributed by atoms with Gasteiger partial charge in [0.05, 0.1) is 11.2 Å². The van der Waals surface area contributed by atoms with E-state index in [9.17, 15) is 0 Å². The predicted molar refractivity (Wildman–Crippen MR) is 531 cm³/mol. The highest BCUT2D eigenvalue weighted by atomic mass is 15.2. The minimum Gasteiger partial charge on any atom is -0.311 e. The van der Waals surface area contributed by atoms with Crippen LogP contribution in [0.1, 0.15) is 110 Å². The molecule has 16 aromatic rings. The van der Waals surface area contributed by atoms with Gasteiger partial charge in [-0.15, -0.1) is 19.7 Å². The fourth-order valence-electron chi connectivity index (χ4n) is 15.1. The Balaban J connectivity index is 0.000000143. The molecule has 0 amide bonds. The van der Waals surface area contributed by atoms with Gasteiger partial charge in [0.1, 0.15) is 0 Å². The van der Waals surface area contributed by atoms with Crippen molar-refractivity contribution in [1.82, 2.24) is 4.98 Å². The molecule has 0 aliphatic rings. The number of aryl methyl sites for hydroxylation is 11. The topological polar surface area (TPSA) is 25.9 Å². The molecule has 0 bridgehead atoms. The number of rotatable bonds is 27. The van der Waals surface area contributed by atoms with Crippen molar-refractivity contribution in [3.8, 4) is 11.3 Å². The second-order valence-corrected chi connectivity index (χ2v) is 31.8. The molecule has 0 atom stereocenters. The predicted octanol–water partition coefficient (Wildman–Crippen LogP) is 33.4. The van der Waals surface area contributed by atoms with Crippen molar-refractivity contribution in [1.29, 1.82) is 0 Å². The Kier molecular flexibility index (Phi) is 29.9. The summed E-state index contributed by atoms with van der Waals surface area (Å²) < 4.78 is 0. The molecule has 606 valence electrons. The summed E-state index contributed by atoms with van der Waals surface area (Å²) in [6.07, 6.45) is 20.8. The number of benzene rings is 15. The zero-order chi connectivity index (χ0) is 85.1. The van der Waals surface area contributed by atoms with Gasteiger partial charge in [0.25, 0.3) is 0 Å². The maximum atomic E-state index is 5.11. The lowest BCUT2D eigenvalue weighted by Gasteiger charge is -2.28. The zero-order valence-electron chi connectivity index (χ0n) is 72.2. The summed E-state index contributed by atoms with van der Waals surface area (Å²) in [6, 6.07) is 128. The molecule has 5 nitrogen and oxygen atoms in total. The second kappa shape index (κ2) is 42.5. The summed E-state index contributed by atoms with van der Waals surface area (Å²) in [5, 5.41) is 3.67. The van der Waals surface area contributed by atoms with Gasteiger partial charge in [0, 0.05) is 84.6 Å². The lowest BCUT2D eigenvalue weighted by molar-refractivity contribution is 0.748. The Hall–Kier alpha value is -14.1. The van der Waals surface area contributed by atoms with Crippen molar-refractivity contribution < 1.29 is 0 Å². The van der Waals surface area contributed by atoms with E-state index < -0.39 is 0 Å². The molecule has 0 radical (unpaired) electrons. The maximum absolute atomic E-state index is 5.11. The summed E-state index contributed by atoms with van der Waals surface area (Å²) in [7, 11) is 0. The van der Waals surface area contributed by atoms with Crippen LogP contribution in [-0.2, 0) is 19.3 Å². The van der Waals surface area contributed by atoms with E-state index in [0.29, 0.717) is 0 Å². The van der Waals surface area contributed by atoms with Gasteiger partial charge in [0.2, 0.25) is 0 Å².